The van der Waals surface area contributed by atoms with Gasteiger partial charge in [0.2, 0.25) is 0 Å². The summed E-state index contributed by atoms with van der Waals surface area (Å²) in [4.78, 5) is 12.3. The molecule has 0 aromatic carbocycles. The second-order valence-corrected chi connectivity index (χ2v) is 11.3. The molecule has 224 valence electrons. The van der Waals surface area contributed by atoms with Crippen molar-refractivity contribution in [1.82, 2.24) is 0 Å². The molecule has 0 radical (unpaired) electrons. The van der Waals surface area contributed by atoms with Crippen molar-refractivity contribution in [3.63, 3.8) is 0 Å². The largest absolute Gasteiger partial charge is 0.458 e. The van der Waals surface area contributed by atoms with Gasteiger partial charge in [0, 0.05) is 17.4 Å². The Morgan fingerprint density at radius 1 is 0.800 bits per heavy atom. The minimum Gasteiger partial charge on any atom is -0.458 e. The van der Waals surface area contributed by atoms with Gasteiger partial charge in [0.25, 0.3) is 0 Å². The lowest BCUT2D eigenvalue weighted by atomic mass is 9.82. The fraction of sp³-hybridized carbons (Fsp3) is 0.741. The van der Waals surface area contributed by atoms with E-state index in [1.807, 2.05) is 0 Å². The Hall–Kier alpha value is -1.75. The maximum absolute atomic E-state index is 12.3. The Kier molecular flexibility index (Phi) is 8.55. The molecule has 3 saturated heterocycles. The first-order chi connectivity index (χ1) is 19.0. The molecular formula is C27H38O13. The zero-order valence-electron chi connectivity index (χ0n) is 21.9. The second-order valence-electron chi connectivity index (χ2n) is 11.3. The standard InChI is InChI=1S/C27H38O13/c1-9-4-5-12-10(2)25(35)39-23(12)17-11(3)14(6-13(9)17)36-27-22(34)24(19(31)16(8-29)38-27)40-26-21(33)20(32)18(30)15(7-28)37-26/h12-24,26-34H,1-8H2/t12?,13?,14?,15-,16-,17?,18-,19-,20+,21-,22-,23?,24+,26+,27-/m1/s1. The van der Waals surface area contributed by atoms with Crippen LogP contribution in [0.4, 0.5) is 0 Å². The van der Waals surface area contributed by atoms with E-state index in [1.165, 1.54) is 0 Å². The van der Waals surface area contributed by atoms with Gasteiger partial charge in [-0.3, -0.25) is 0 Å². The van der Waals surface area contributed by atoms with E-state index in [4.69, 9.17) is 23.7 Å². The quantitative estimate of drug-likeness (QED) is 0.102. The lowest BCUT2D eigenvalue weighted by Crippen LogP contribution is -2.65. The van der Waals surface area contributed by atoms with E-state index in [0.29, 0.717) is 30.4 Å². The molecule has 15 atom stereocenters. The summed E-state index contributed by atoms with van der Waals surface area (Å²) in [6.07, 6.45) is -14.9. The number of carbonyl (C=O) groups excluding carboxylic acids is 1. The first-order valence-electron chi connectivity index (χ1n) is 13.5. The smallest absolute Gasteiger partial charge is 0.334 e. The number of esters is 1. The third-order valence-corrected chi connectivity index (χ3v) is 9.01. The van der Waals surface area contributed by atoms with E-state index in [2.05, 4.69) is 19.7 Å². The van der Waals surface area contributed by atoms with Crippen LogP contribution in [0, 0.1) is 17.8 Å². The van der Waals surface area contributed by atoms with Crippen molar-refractivity contribution < 1.29 is 64.2 Å². The Morgan fingerprint density at radius 3 is 2.08 bits per heavy atom. The van der Waals surface area contributed by atoms with Gasteiger partial charge in [0.05, 0.1) is 19.3 Å². The van der Waals surface area contributed by atoms with Crippen LogP contribution >= 0.6 is 0 Å². The van der Waals surface area contributed by atoms with E-state index >= 15 is 0 Å². The summed E-state index contributed by atoms with van der Waals surface area (Å²) in [5.74, 6) is -0.990. The molecule has 5 fully saturated rings. The van der Waals surface area contributed by atoms with Gasteiger partial charge >= 0.3 is 5.97 Å². The molecule has 0 aromatic heterocycles. The van der Waals surface area contributed by atoms with Gasteiger partial charge in [0.1, 0.15) is 54.9 Å². The van der Waals surface area contributed by atoms with E-state index in [-0.39, 0.29) is 17.8 Å². The van der Waals surface area contributed by atoms with Crippen LogP contribution in [-0.2, 0) is 28.5 Å². The highest BCUT2D eigenvalue weighted by Crippen LogP contribution is 2.53. The van der Waals surface area contributed by atoms with Crippen LogP contribution in [-0.4, -0.2) is 129 Å². The van der Waals surface area contributed by atoms with Crippen LogP contribution in [0.25, 0.3) is 0 Å². The SMILES string of the molecule is C=C1C(=O)OC2C1CCC(=C)C1CC(O[C@@H]3O[C@H](CO)[C@@H](O)[C@H](O[C@@H]4O[C@H](CO)[C@@H](O)[C@H](O)[C@H]4O)[C@H]3O)C(=C)C12. The predicted molar refractivity (Wildman–Crippen MR) is 133 cm³/mol. The van der Waals surface area contributed by atoms with Gasteiger partial charge < -0.3 is 59.4 Å². The second kappa shape index (κ2) is 11.5. The zero-order chi connectivity index (χ0) is 29.0. The van der Waals surface area contributed by atoms with Crippen molar-refractivity contribution in [2.75, 3.05) is 13.2 Å². The lowest BCUT2D eigenvalue weighted by Gasteiger charge is -2.46. The highest BCUT2D eigenvalue weighted by atomic mass is 16.7. The van der Waals surface area contributed by atoms with E-state index in [1.54, 1.807) is 0 Å². The fourth-order valence-corrected chi connectivity index (χ4v) is 6.65. The first kappa shape index (κ1) is 29.7. The molecule has 2 aliphatic carbocycles. The Morgan fingerprint density at radius 2 is 1.43 bits per heavy atom. The van der Waals surface area contributed by atoms with Crippen molar-refractivity contribution in [3.8, 4) is 0 Å². The van der Waals surface area contributed by atoms with Gasteiger partial charge in [-0.05, 0) is 30.8 Å². The molecule has 0 bridgehead atoms. The average molecular weight is 571 g/mol. The molecule has 2 saturated carbocycles. The molecule has 0 amide bonds. The number of aliphatic hydroxyl groups is 7. The summed E-state index contributed by atoms with van der Waals surface area (Å²) < 4.78 is 28.5. The van der Waals surface area contributed by atoms with Crippen LogP contribution < -0.4 is 0 Å². The number of carbonyl (C=O) groups is 1. The lowest BCUT2D eigenvalue weighted by molar-refractivity contribution is -0.362. The van der Waals surface area contributed by atoms with Crippen LogP contribution in [0.1, 0.15) is 19.3 Å². The predicted octanol–water partition coefficient (Wildman–Crippen LogP) is -2.36. The third kappa shape index (κ3) is 4.96. The summed E-state index contributed by atoms with van der Waals surface area (Å²) in [5, 5.41) is 71.7. The van der Waals surface area contributed by atoms with E-state index in [0.717, 1.165) is 5.57 Å². The molecular weight excluding hydrogens is 532 g/mol. The van der Waals surface area contributed by atoms with Gasteiger partial charge in [-0.15, -0.1) is 0 Å². The number of rotatable bonds is 6. The van der Waals surface area contributed by atoms with E-state index < -0.39 is 92.8 Å². The first-order valence-corrected chi connectivity index (χ1v) is 13.5. The van der Waals surface area contributed by atoms with Crippen LogP contribution in [0.15, 0.2) is 36.5 Å². The van der Waals surface area contributed by atoms with Crippen LogP contribution in [0.2, 0.25) is 0 Å². The molecule has 0 aromatic rings. The zero-order valence-corrected chi connectivity index (χ0v) is 21.9. The summed E-state index contributed by atoms with van der Waals surface area (Å²) in [6.45, 7) is 11.0. The molecule has 13 nitrogen and oxygen atoms in total. The summed E-state index contributed by atoms with van der Waals surface area (Å²) in [6, 6.07) is 0. The molecule has 7 N–H and O–H groups in total. The van der Waals surface area contributed by atoms with Gasteiger partial charge in [0.15, 0.2) is 12.6 Å². The van der Waals surface area contributed by atoms with Crippen LogP contribution in [0.5, 0.6) is 0 Å². The molecule has 40 heavy (non-hydrogen) atoms. The molecule has 3 aliphatic heterocycles. The van der Waals surface area contributed by atoms with Crippen molar-refractivity contribution in [2.45, 2.75) is 92.9 Å². The van der Waals surface area contributed by atoms with Crippen molar-refractivity contribution in [3.05, 3.63) is 36.5 Å². The number of fused-ring (bicyclic) bond motifs is 3. The highest BCUT2D eigenvalue weighted by Gasteiger charge is 2.56. The average Bonchev–Trinajstić information content (AvgIpc) is 3.35. The highest BCUT2D eigenvalue weighted by molar-refractivity contribution is 5.91. The molecule has 0 spiro atoms. The molecule has 5 unspecified atom stereocenters. The van der Waals surface area contributed by atoms with Gasteiger partial charge in [-0.25, -0.2) is 4.79 Å². The maximum atomic E-state index is 12.3. The van der Waals surface area contributed by atoms with Crippen molar-refractivity contribution in [1.29, 1.82) is 0 Å². The maximum Gasteiger partial charge on any atom is 0.334 e. The minimum atomic E-state index is -1.78. The molecule has 5 aliphatic rings. The van der Waals surface area contributed by atoms with Crippen molar-refractivity contribution in [2.24, 2.45) is 17.8 Å². The number of ether oxygens (including phenoxy) is 5. The summed E-state index contributed by atoms with van der Waals surface area (Å²) in [7, 11) is 0. The van der Waals surface area contributed by atoms with E-state index in [9.17, 15) is 40.5 Å². The van der Waals surface area contributed by atoms with Crippen molar-refractivity contribution >= 4 is 5.97 Å². The number of aliphatic hydroxyl groups excluding tert-OH is 7. The Labute approximate surface area is 230 Å². The Bertz CT molecular complexity index is 1010. The number of hydrogen-bond donors (Lipinski definition) is 7. The molecule has 13 heteroatoms. The normalized spacial score (nSPS) is 49.4. The third-order valence-electron chi connectivity index (χ3n) is 9.01. The monoisotopic (exact) mass is 570 g/mol. The Balaban J connectivity index is 1.33. The summed E-state index contributed by atoms with van der Waals surface area (Å²) in [5.41, 5.74) is 2.02. The van der Waals surface area contributed by atoms with Gasteiger partial charge in [-0.1, -0.05) is 25.3 Å². The number of allylic oxidation sites excluding steroid dienone is 1. The van der Waals surface area contributed by atoms with Gasteiger partial charge in [-0.2, -0.15) is 0 Å². The fourth-order valence-electron chi connectivity index (χ4n) is 6.65. The minimum absolute atomic E-state index is 0.104. The molecule has 3 heterocycles. The topological polar surface area (TPSA) is 205 Å². The van der Waals surface area contributed by atoms with Crippen LogP contribution in [0.3, 0.4) is 0 Å². The summed E-state index contributed by atoms with van der Waals surface area (Å²) >= 11 is 0. The number of hydrogen-bond acceptors (Lipinski definition) is 13. The molecule has 5 rings (SSSR count).